The van der Waals surface area contributed by atoms with Gasteiger partial charge in [0.1, 0.15) is 13.2 Å². The summed E-state index contributed by atoms with van der Waals surface area (Å²) in [6.07, 6.45) is 27.0. The summed E-state index contributed by atoms with van der Waals surface area (Å²) in [6.45, 7) is 21.3. The standard InChI is InChI=1S/C14H30.C11H15NO4.C10H14FN4.C2H6.C2H5.Ir.Tl/c1-3-5-7-9-11-13-14-12-10-8-6-4-2;1-3-11(5-4-9(2)16-11)7-15-10(14)6-12-8-13;1-4-6(2)5-13-8-7(3)14-10(11)15-9(8)12;2*1-2;;/h3-14H2,1-2H3;1,8-9H,4-7H2,2H3,(H,12,13);5-6H,4H2,1-3H3,(H-,12,14,15);1-2H3;1H2,2H3;;/q;;-1;;-1;;+1. The number of aliphatic imine (C=N–C) groups is 1. The predicted molar refractivity (Wildman–Crippen MR) is 209 cm³/mol. The molecule has 1 saturated heterocycles. The maximum Gasteiger partial charge on any atom is 0 e. The van der Waals surface area contributed by atoms with Crippen LogP contribution in [-0.2, 0) is 39.2 Å². The monoisotopic (exact) mass is 1090 g/mol. The van der Waals surface area contributed by atoms with E-state index in [1.807, 2.05) is 27.0 Å². The summed E-state index contributed by atoms with van der Waals surface area (Å²) >= 11 is 0.497. The van der Waals surface area contributed by atoms with Gasteiger partial charge in [-0.25, -0.2) is 0 Å². The molecule has 0 spiro atoms. The van der Waals surface area contributed by atoms with E-state index in [2.05, 4.69) is 63.9 Å². The molecule has 295 valence electrons. The second-order valence-electron chi connectivity index (χ2n) is 11.9. The Morgan fingerprint density at radius 2 is 1.61 bits per heavy atom. The van der Waals surface area contributed by atoms with Crippen LogP contribution in [0.1, 0.15) is 157 Å². The summed E-state index contributed by atoms with van der Waals surface area (Å²) in [5.74, 6) is 2.90. The van der Waals surface area contributed by atoms with Crippen molar-refractivity contribution in [1.82, 2.24) is 15.3 Å². The fourth-order valence-corrected chi connectivity index (χ4v) is 5.36. The predicted octanol–water partition coefficient (Wildman–Crippen LogP) is 9.59. The minimum Gasteiger partial charge on any atom is -0.346 e. The first-order valence-corrected chi connectivity index (χ1v) is 21.1. The van der Waals surface area contributed by atoms with Crippen LogP contribution in [-0.4, -0.2) is 79.5 Å². The van der Waals surface area contributed by atoms with Crippen LogP contribution >= 0.6 is 0 Å². The molecule has 9 nitrogen and oxygen atoms in total. The minimum absolute atomic E-state index is 0. The van der Waals surface area contributed by atoms with Crippen LogP contribution in [0.4, 0.5) is 15.9 Å². The Bertz CT molecular complexity index is 1040. The fourth-order valence-electron chi connectivity index (χ4n) is 4.58. The van der Waals surface area contributed by atoms with E-state index in [4.69, 9.17) is 15.9 Å². The number of nitrogens with one attached hydrogen (secondary N) is 2. The molecular weight excluding hydrogens is 1020 g/mol. The van der Waals surface area contributed by atoms with Crippen LogP contribution in [0.2, 0.25) is 0 Å². The van der Waals surface area contributed by atoms with Crippen LogP contribution in [0, 0.1) is 38.2 Å². The van der Waals surface area contributed by atoms with Crippen LogP contribution in [0.5, 0.6) is 0 Å². The zero-order valence-electron chi connectivity index (χ0n) is 33.4. The van der Waals surface area contributed by atoms with E-state index >= 15 is 0 Å². The number of anilines is 1. The number of terminal acetylenes is 1. The topological polar surface area (TPSA) is 115 Å². The Morgan fingerprint density at radius 1 is 1.10 bits per heavy atom. The van der Waals surface area contributed by atoms with Gasteiger partial charge in [0, 0.05) is 20.1 Å². The number of esters is 1. The third-order valence-corrected chi connectivity index (χ3v) is 8.73. The van der Waals surface area contributed by atoms with Crippen molar-refractivity contribution in [2.45, 2.75) is 170 Å². The van der Waals surface area contributed by atoms with Crippen LogP contribution in [0.15, 0.2) is 4.99 Å². The largest absolute Gasteiger partial charge is 0.346 e. The average Bonchev–Trinajstić information content (AvgIpc) is 3.52. The molecule has 1 amide bonds. The molecule has 12 heteroatoms. The van der Waals surface area contributed by atoms with Crippen LogP contribution in [0.25, 0.3) is 0 Å². The number of hydrogen-bond donors (Lipinski definition) is 2. The van der Waals surface area contributed by atoms with Crippen LogP contribution in [0.3, 0.4) is 0 Å². The second-order valence-corrected chi connectivity index (χ2v) is 13.0. The molecule has 2 heterocycles. The van der Waals surface area contributed by atoms with Gasteiger partial charge in [-0.1, -0.05) is 111 Å². The molecule has 1 fully saturated rings. The molecule has 3 atom stereocenters. The molecule has 2 rings (SSSR count). The van der Waals surface area contributed by atoms with Gasteiger partial charge in [-0.3, -0.25) is 9.59 Å². The third kappa shape index (κ3) is 30.7. The molecule has 0 aromatic carbocycles. The zero-order chi connectivity index (χ0) is 38.6. The molecule has 1 aromatic rings. The number of unbranched alkanes of at least 4 members (excludes halogenated alkanes) is 11. The van der Waals surface area contributed by atoms with E-state index in [9.17, 15) is 14.0 Å². The number of amides is 1. The van der Waals surface area contributed by atoms with Gasteiger partial charge in [-0.2, -0.15) is 6.92 Å². The molecule has 0 aliphatic carbocycles. The van der Waals surface area contributed by atoms with E-state index < -0.39 is 17.6 Å². The molecule has 0 saturated carbocycles. The van der Waals surface area contributed by atoms with Crippen molar-refractivity contribution < 1.29 is 43.6 Å². The maximum atomic E-state index is 13.0. The summed E-state index contributed by atoms with van der Waals surface area (Å²) in [7, 11) is 0. The van der Waals surface area contributed by atoms with Gasteiger partial charge in [0.2, 0.25) is 6.41 Å². The Labute approximate surface area is 341 Å². The zero-order valence-corrected chi connectivity index (χ0v) is 40.3. The molecule has 51 heavy (non-hydrogen) atoms. The summed E-state index contributed by atoms with van der Waals surface area (Å²) in [5.41, 5.74) is 0.412. The summed E-state index contributed by atoms with van der Waals surface area (Å²) in [4.78, 5) is 32.8. The normalized spacial score (nSPS) is 16.1. The van der Waals surface area contributed by atoms with Gasteiger partial charge in [-0.15, -0.1) is 6.42 Å². The summed E-state index contributed by atoms with van der Waals surface area (Å²) in [5, 5.41) is 2.22. The summed E-state index contributed by atoms with van der Waals surface area (Å²) < 4.78 is 26.4. The second kappa shape index (κ2) is 39.7. The number of carbonyl (C=O) groups is 2. The average molecular weight is 1090 g/mol. The molecule has 2 N–H and O–H groups in total. The van der Waals surface area contributed by atoms with Gasteiger partial charge in [-0.05, 0) is 19.8 Å². The molecule has 1 radical (unpaired) electrons. The number of hydrogen-bond acceptors (Lipinski definition) is 8. The molecule has 3 unspecified atom stereocenters. The van der Waals surface area contributed by atoms with Gasteiger partial charge in [0.05, 0.1) is 6.10 Å². The van der Waals surface area contributed by atoms with Gasteiger partial charge >= 0.3 is 117 Å². The Balaban J connectivity index is -0.000000307. The molecule has 0 bridgehead atoms. The number of ether oxygens (including phenoxy) is 2. The van der Waals surface area contributed by atoms with Gasteiger partial charge < -0.3 is 21.7 Å². The van der Waals surface area contributed by atoms with Gasteiger partial charge in [0.15, 0.2) is 5.60 Å². The Morgan fingerprint density at radius 3 is 2.00 bits per heavy atom. The Hall–Kier alpha value is -1.49. The van der Waals surface area contributed by atoms with Crippen molar-refractivity contribution in [3.63, 3.8) is 0 Å². The molecule has 1 aliphatic rings. The number of carbonyl (C=O) groups excluding carboxylic acids is 2. The van der Waals surface area contributed by atoms with E-state index in [0.717, 1.165) is 12.8 Å². The van der Waals surface area contributed by atoms with Crippen molar-refractivity contribution in [3.05, 3.63) is 18.7 Å². The van der Waals surface area contributed by atoms with Crippen molar-refractivity contribution >= 4 is 56.2 Å². The number of rotatable bonds is 20. The first kappa shape index (κ1) is 56.3. The van der Waals surface area contributed by atoms with Crippen LogP contribution < -0.4 is 8.44 Å². The van der Waals surface area contributed by atoms with E-state index in [-0.39, 0.29) is 39.4 Å². The van der Waals surface area contributed by atoms with E-state index in [1.54, 1.807) is 13.8 Å². The van der Waals surface area contributed by atoms with E-state index in [0.29, 0.717) is 62.0 Å². The van der Waals surface area contributed by atoms with Crippen molar-refractivity contribution in [1.29, 1.82) is 0 Å². The first-order chi connectivity index (χ1) is 24.1. The van der Waals surface area contributed by atoms with Gasteiger partial charge in [0.25, 0.3) is 0 Å². The van der Waals surface area contributed by atoms with Crippen molar-refractivity contribution in [2.24, 2.45) is 10.9 Å². The molecule has 1 aromatic heterocycles. The SMILES string of the molecule is C#CC1(COC(=O)CNC=O)CCC(C)O1.CC.CCC(C)C=Nc1c(C)nc(F)nc1[NH][Tl].CCCCCCCCCCCCCC.[CH2-]C.[Ir]. The fraction of sp³-hybridized carbons (Fsp3) is 0.744. The number of nitrogens with zero attached hydrogens (tertiary/aromatic N) is 3. The quantitative estimate of drug-likeness (QED) is 0.0196. The van der Waals surface area contributed by atoms with Crippen molar-refractivity contribution in [2.75, 3.05) is 16.3 Å². The Kier molecular flexibility index (Phi) is 43.8. The number of aryl methyl sites for hydroxylation is 1. The maximum absolute atomic E-state index is 13.0. The minimum atomic E-state index is -0.795. The van der Waals surface area contributed by atoms with E-state index in [1.165, 1.54) is 77.0 Å². The molecular formula is C39H70FIrN5O4Tl-. The van der Waals surface area contributed by atoms with Crippen molar-refractivity contribution in [3.8, 4) is 12.3 Å². The smallest absolute Gasteiger partial charge is 0 e. The molecule has 1 aliphatic heterocycles. The summed E-state index contributed by atoms with van der Waals surface area (Å²) in [6, 6.07) is 0. The third-order valence-electron chi connectivity index (χ3n) is 7.67. The first-order valence-electron chi connectivity index (χ1n) is 18.9. The number of aromatic nitrogens is 2. The number of halogens is 1.